The molecular weight excluding hydrogens is 235 g/mol. The molecule has 3 nitrogen and oxygen atoms in total. The number of cyclic esters (lactones) is 1. The van der Waals surface area contributed by atoms with E-state index in [1.54, 1.807) is 30.3 Å². The van der Waals surface area contributed by atoms with Gasteiger partial charge < -0.3 is 10.1 Å². The van der Waals surface area contributed by atoms with Crippen LogP contribution < -0.4 is 5.32 Å². The fourth-order valence-electron chi connectivity index (χ4n) is 1.78. The van der Waals surface area contributed by atoms with E-state index in [0.29, 0.717) is 0 Å². The molecule has 1 fully saturated rings. The summed E-state index contributed by atoms with van der Waals surface area (Å²) in [5.41, 5.74) is 0.720. The van der Waals surface area contributed by atoms with Crippen molar-refractivity contribution in [3.05, 3.63) is 35.9 Å². The van der Waals surface area contributed by atoms with Gasteiger partial charge in [0, 0.05) is 0 Å². The molecule has 1 aliphatic heterocycles. The lowest BCUT2D eigenvalue weighted by Crippen LogP contribution is -2.42. The molecule has 0 saturated carbocycles. The van der Waals surface area contributed by atoms with Crippen LogP contribution in [0.3, 0.4) is 0 Å². The van der Waals surface area contributed by atoms with E-state index in [4.69, 9.17) is 0 Å². The van der Waals surface area contributed by atoms with E-state index < -0.39 is 24.4 Å². The van der Waals surface area contributed by atoms with Gasteiger partial charge in [-0.15, -0.1) is 0 Å². The number of amides is 1. The van der Waals surface area contributed by atoms with Crippen molar-refractivity contribution in [1.29, 1.82) is 0 Å². The van der Waals surface area contributed by atoms with Gasteiger partial charge in [0.1, 0.15) is 0 Å². The molecular formula is C11H10F3NO2. The monoisotopic (exact) mass is 245 g/mol. The van der Waals surface area contributed by atoms with Crippen LogP contribution in [0.5, 0.6) is 0 Å². The smallest absolute Gasteiger partial charge is 0.427 e. The molecule has 6 heteroatoms. The van der Waals surface area contributed by atoms with Crippen molar-refractivity contribution in [3.63, 3.8) is 0 Å². The summed E-state index contributed by atoms with van der Waals surface area (Å²) < 4.78 is 41.9. The predicted molar refractivity (Wildman–Crippen MR) is 53.4 cm³/mol. The molecule has 2 rings (SSSR count). The van der Waals surface area contributed by atoms with Gasteiger partial charge in [-0.1, -0.05) is 30.3 Å². The summed E-state index contributed by atoms with van der Waals surface area (Å²) in [7, 11) is 0. The van der Waals surface area contributed by atoms with E-state index >= 15 is 0 Å². The molecule has 2 atom stereocenters. The minimum absolute atomic E-state index is 0.0940. The fraction of sp³-hybridized carbons (Fsp3) is 0.364. The first-order valence-electron chi connectivity index (χ1n) is 5.04. The Hall–Kier alpha value is -1.72. The summed E-state index contributed by atoms with van der Waals surface area (Å²) in [6.45, 7) is 0. The molecule has 0 bridgehead atoms. The van der Waals surface area contributed by atoms with Crippen molar-refractivity contribution in [1.82, 2.24) is 5.32 Å². The van der Waals surface area contributed by atoms with Gasteiger partial charge in [-0.3, -0.25) is 0 Å². The zero-order valence-electron chi connectivity index (χ0n) is 8.70. The molecule has 0 radical (unpaired) electrons. The Balaban J connectivity index is 2.12. The van der Waals surface area contributed by atoms with Crippen LogP contribution in [-0.4, -0.2) is 24.4 Å². The number of ether oxygens (including phenoxy) is 1. The highest BCUT2D eigenvalue weighted by Crippen LogP contribution is 2.29. The number of halogens is 3. The molecule has 0 unspecified atom stereocenters. The molecule has 1 aromatic carbocycles. The van der Waals surface area contributed by atoms with E-state index in [1.165, 1.54) is 0 Å². The average molecular weight is 245 g/mol. The standard InChI is InChI=1S/C11H10F3NO2/c12-11(13,14)9-8(15-10(16)17-9)6-7-4-2-1-3-5-7/h1-5,8-9H,6H2,(H,15,16)/t8-,9+/m0/s1. The number of carbonyl (C=O) groups excluding carboxylic acids is 1. The Bertz CT molecular complexity index is 405. The van der Waals surface area contributed by atoms with Gasteiger partial charge in [-0.2, -0.15) is 13.2 Å². The number of hydrogen-bond donors (Lipinski definition) is 1. The Morgan fingerprint density at radius 1 is 1.24 bits per heavy atom. The van der Waals surface area contributed by atoms with Crippen LogP contribution in [0.2, 0.25) is 0 Å². The van der Waals surface area contributed by atoms with Crippen LogP contribution in [-0.2, 0) is 11.2 Å². The van der Waals surface area contributed by atoms with Crippen LogP contribution in [0.1, 0.15) is 5.56 Å². The van der Waals surface area contributed by atoms with E-state index in [1.807, 2.05) is 0 Å². The first-order chi connectivity index (χ1) is 7.97. The zero-order valence-corrected chi connectivity index (χ0v) is 8.70. The minimum Gasteiger partial charge on any atom is -0.434 e. The zero-order chi connectivity index (χ0) is 12.5. The maximum absolute atomic E-state index is 12.6. The molecule has 1 aromatic rings. The van der Waals surface area contributed by atoms with Crippen LogP contribution in [0.25, 0.3) is 0 Å². The molecule has 1 N–H and O–H groups in total. The highest BCUT2D eigenvalue weighted by atomic mass is 19.4. The summed E-state index contributed by atoms with van der Waals surface area (Å²) in [6.07, 6.45) is -7.54. The average Bonchev–Trinajstić information content (AvgIpc) is 2.60. The lowest BCUT2D eigenvalue weighted by atomic mass is 10.0. The highest BCUT2D eigenvalue weighted by Gasteiger charge is 2.52. The summed E-state index contributed by atoms with van der Waals surface area (Å²) in [6, 6.07) is 7.58. The topological polar surface area (TPSA) is 38.3 Å². The number of alkyl carbamates (subject to hydrolysis) is 1. The van der Waals surface area contributed by atoms with E-state index in [2.05, 4.69) is 10.1 Å². The van der Waals surface area contributed by atoms with E-state index in [9.17, 15) is 18.0 Å². The Morgan fingerprint density at radius 2 is 1.88 bits per heavy atom. The molecule has 1 amide bonds. The third-order valence-electron chi connectivity index (χ3n) is 2.52. The summed E-state index contributed by atoms with van der Waals surface area (Å²) >= 11 is 0. The Labute approximate surface area is 95.6 Å². The van der Waals surface area contributed by atoms with Gasteiger partial charge in [0.2, 0.25) is 6.10 Å². The van der Waals surface area contributed by atoms with Gasteiger partial charge in [0.05, 0.1) is 6.04 Å². The first-order valence-corrected chi connectivity index (χ1v) is 5.04. The van der Waals surface area contributed by atoms with Crippen molar-refractivity contribution >= 4 is 6.09 Å². The van der Waals surface area contributed by atoms with Crippen LogP contribution in [0, 0.1) is 0 Å². The van der Waals surface area contributed by atoms with Gasteiger partial charge >= 0.3 is 12.3 Å². The summed E-state index contributed by atoms with van der Waals surface area (Å²) in [5.74, 6) is 0. The van der Waals surface area contributed by atoms with Crippen LogP contribution in [0.15, 0.2) is 30.3 Å². The third-order valence-corrected chi connectivity index (χ3v) is 2.52. The summed E-state index contributed by atoms with van der Waals surface area (Å²) in [4.78, 5) is 10.9. The third kappa shape index (κ3) is 2.69. The van der Waals surface area contributed by atoms with Gasteiger partial charge in [0.25, 0.3) is 0 Å². The fourth-order valence-corrected chi connectivity index (χ4v) is 1.78. The molecule has 1 saturated heterocycles. The second kappa shape index (κ2) is 4.27. The summed E-state index contributed by atoms with van der Waals surface area (Å²) in [5, 5.41) is 2.18. The largest absolute Gasteiger partial charge is 0.434 e. The normalized spacial score (nSPS) is 24.3. The van der Waals surface area contributed by atoms with Crippen molar-refractivity contribution in [2.45, 2.75) is 24.7 Å². The van der Waals surface area contributed by atoms with Crippen molar-refractivity contribution < 1.29 is 22.7 Å². The van der Waals surface area contributed by atoms with Gasteiger partial charge in [0.15, 0.2) is 0 Å². The van der Waals surface area contributed by atoms with Gasteiger partial charge in [-0.05, 0) is 12.0 Å². The maximum Gasteiger partial charge on any atom is 0.427 e. The first kappa shape index (κ1) is 11.8. The minimum atomic E-state index is -4.54. The highest BCUT2D eigenvalue weighted by molar-refractivity contribution is 5.70. The lowest BCUT2D eigenvalue weighted by molar-refractivity contribution is -0.199. The van der Waals surface area contributed by atoms with Crippen molar-refractivity contribution in [3.8, 4) is 0 Å². The number of rotatable bonds is 2. The molecule has 1 aliphatic rings. The predicted octanol–water partition coefficient (Wildman–Crippen LogP) is 2.27. The number of nitrogens with one attached hydrogen (secondary N) is 1. The Kier molecular flexibility index (Phi) is 2.95. The van der Waals surface area contributed by atoms with E-state index in [-0.39, 0.29) is 6.42 Å². The molecule has 17 heavy (non-hydrogen) atoms. The lowest BCUT2D eigenvalue weighted by Gasteiger charge is -2.19. The number of carbonyl (C=O) groups is 1. The quantitative estimate of drug-likeness (QED) is 0.868. The van der Waals surface area contributed by atoms with Crippen molar-refractivity contribution in [2.24, 2.45) is 0 Å². The number of benzene rings is 1. The second-order valence-corrected chi connectivity index (χ2v) is 3.81. The second-order valence-electron chi connectivity index (χ2n) is 3.81. The number of hydrogen-bond acceptors (Lipinski definition) is 2. The maximum atomic E-state index is 12.6. The van der Waals surface area contributed by atoms with Crippen LogP contribution >= 0.6 is 0 Å². The number of alkyl halides is 3. The van der Waals surface area contributed by atoms with Crippen molar-refractivity contribution in [2.75, 3.05) is 0 Å². The molecule has 0 spiro atoms. The molecule has 92 valence electrons. The molecule has 0 aliphatic carbocycles. The molecule has 1 heterocycles. The van der Waals surface area contributed by atoms with Crippen LogP contribution in [0.4, 0.5) is 18.0 Å². The van der Waals surface area contributed by atoms with E-state index in [0.717, 1.165) is 5.56 Å². The Morgan fingerprint density at radius 3 is 2.47 bits per heavy atom. The van der Waals surface area contributed by atoms with Gasteiger partial charge in [-0.25, -0.2) is 4.79 Å². The molecule has 0 aromatic heterocycles. The SMILES string of the molecule is O=C1N[C@@H](Cc2ccccc2)[C@H](C(F)(F)F)O1.